The van der Waals surface area contributed by atoms with Crippen molar-refractivity contribution in [2.45, 2.75) is 58.1 Å². The molecule has 6 heteroatoms. The number of fused-ring (bicyclic) bond motifs is 1. The van der Waals surface area contributed by atoms with Gasteiger partial charge in [-0.15, -0.1) is 0 Å². The summed E-state index contributed by atoms with van der Waals surface area (Å²) in [5, 5.41) is 7.55. The van der Waals surface area contributed by atoms with E-state index in [-0.39, 0.29) is 18.1 Å². The van der Waals surface area contributed by atoms with E-state index < -0.39 is 0 Å². The van der Waals surface area contributed by atoms with Crippen LogP contribution in [0.15, 0.2) is 41.9 Å². The van der Waals surface area contributed by atoms with Gasteiger partial charge in [0.05, 0.1) is 5.57 Å². The van der Waals surface area contributed by atoms with Crippen LogP contribution in [0, 0.1) is 6.92 Å². The molecular formula is C20H24N4O2. The lowest BCUT2D eigenvalue weighted by atomic mass is 9.94. The maximum atomic E-state index is 13.1. The molecular weight excluding hydrogens is 328 g/mol. The van der Waals surface area contributed by atoms with Crippen molar-refractivity contribution in [3.8, 4) is 0 Å². The predicted molar refractivity (Wildman–Crippen MR) is 98.6 cm³/mol. The Bertz CT molecular complexity index is 849. The zero-order valence-electron chi connectivity index (χ0n) is 15.2. The summed E-state index contributed by atoms with van der Waals surface area (Å²) in [5.41, 5.74) is 3.53. The lowest BCUT2D eigenvalue weighted by Gasteiger charge is -2.30. The molecule has 0 saturated heterocycles. The van der Waals surface area contributed by atoms with Gasteiger partial charge in [0.15, 0.2) is 0 Å². The number of ether oxygens (including phenoxy) is 1. The molecule has 4 rings (SSSR count). The largest absolute Gasteiger partial charge is 0.459 e. The number of nitrogens with one attached hydrogen (secondary N) is 1. The number of aryl methyl sites for hydroxylation is 1. The van der Waals surface area contributed by atoms with E-state index >= 15 is 0 Å². The van der Waals surface area contributed by atoms with Crippen molar-refractivity contribution in [1.29, 1.82) is 0 Å². The summed E-state index contributed by atoms with van der Waals surface area (Å²) >= 11 is 0. The van der Waals surface area contributed by atoms with E-state index in [0.29, 0.717) is 11.5 Å². The second-order valence-corrected chi connectivity index (χ2v) is 7.17. The molecule has 1 aliphatic heterocycles. The molecule has 26 heavy (non-hydrogen) atoms. The van der Waals surface area contributed by atoms with E-state index in [4.69, 9.17) is 4.74 Å². The Hall–Kier alpha value is -2.63. The highest BCUT2D eigenvalue weighted by Gasteiger charge is 2.35. The molecule has 1 aliphatic carbocycles. The molecule has 0 unspecified atom stereocenters. The molecule has 136 valence electrons. The lowest BCUT2D eigenvalue weighted by Crippen LogP contribution is -2.32. The summed E-state index contributed by atoms with van der Waals surface area (Å²) < 4.78 is 7.64. The van der Waals surface area contributed by atoms with Gasteiger partial charge in [0.1, 0.15) is 18.5 Å². The third-order valence-electron chi connectivity index (χ3n) is 5.20. The SMILES string of the molecule is CC1=C(C(=O)OC2CCCCC2)[C@H](c2cccc(C)c2)n2ncnc2N1. The lowest BCUT2D eigenvalue weighted by molar-refractivity contribution is -0.146. The maximum absolute atomic E-state index is 13.1. The van der Waals surface area contributed by atoms with Gasteiger partial charge in [0.25, 0.3) is 0 Å². The summed E-state index contributed by atoms with van der Waals surface area (Å²) in [7, 11) is 0. The van der Waals surface area contributed by atoms with Crippen molar-refractivity contribution in [2.75, 3.05) is 5.32 Å². The zero-order chi connectivity index (χ0) is 18.1. The molecule has 1 aromatic heterocycles. The fourth-order valence-electron chi connectivity index (χ4n) is 3.90. The van der Waals surface area contributed by atoms with Crippen molar-refractivity contribution >= 4 is 11.9 Å². The van der Waals surface area contributed by atoms with E-state index in [1.165, 1.54) is 12.7 Å². The summed E-state index contributed by atoms with van der Waals surface area (Å²) in [6, 6.07) is 7.83. The minimum Gasteiger partial charge on any atom is -0.459 e. The first-order chi connectivity index (χ1) is 12.6. The second-order valence-electron chi connectivity index (χ2n) is 7.17. The van der Waals surface area contributed by atoms with Gasteiger partial charge < -0.3 is 10.1 Å². The summed E-state index contributed by atoms with van der Waals surface area (Å²) in [6.07, 6.45) is 6.92. The maximum Gasteiger partial charge on any atom is 0.338 e. The summed E-state index contributed by atoms with van der Waals surface area (Å²) in [4.78, 5) is 17.4. The van der Waals surface area contributed by atoms with Crippen LogP contribution in [0.5, 0.6) is 0 Å². The molecule has 1 N–H and O–H groups in total. The summed E-state index contributed by atoms with van der Waals surface area (Å²) in [5.74, 6) is 0.387. The normalized spacial score (nSPS) is 20.5. The average molecular weight is 352 g/mol. The second kappa shape index (κ2) is 6.94. The van der Waals surface area contributed by atoms with E-state index in [9.17, 15) is 4.79 Å². The Morgan fingerprint density at radius 3 is 2.81 bits per heavy atom. The molecule has 2 heterocycles. The Kier molecular flexibility index (Phi) is 4.49. The molecule has 0 bridgehead atoms. The fraction of sp³-hybridized carbons (Fsp3) is 0.450. The number of rotatable bonds is 3. The number of hydrogen-bond acceptors (Lipinski definition) is 5. The van der Waals surface area contributed by atoms with Crippen LogP contribution in [-0.2, 0) is 9.53 Å². The van der Waals surface area contributed by atoms with Gasteiger partial charge in [-0.05, 0) is 45.1 Å². The monoisotopic (exact) mass is 352 g/mol. The minimum absolute atomic E-state index is 0.0202. The smallest absolute Gasteiger partial charge is 0.338 e. The number of hydrogen-bond donors (Lipinski definition) is 1. The number of aromatic nitrogens is 3. The van der Waals surface area contributed by atoms with Crippen LogP contribution in [-0.4, -0.2) is 26.8 Å². The molecule has 6 nitrogen and oxygen atoms in total. The first-order valence-corrected chi connectivity index (χ1v) is 9.28. The average Bonchev–Trinajstić information content (AvgIpc) is 3.09. The van der Waals surface area contributed by atoms with Crippen molar-refractivity contribution in [1.82, 2.24) is 14.8 Å². The van der Waals surface area contributed by atoms with Crippen LogP contribution in [0.1, 0.15) is 56.2 Å². The highest BCUT2D eigenvalue weighted by atomic mass is 16.5. The quantitative estimate of drug-likeness (QED) is 0.852. The minimum atomic E-state index is -0.329. The van der Waals surface area contributed by atoms with Crippen LogP contribution in [0.2, 0.25) is 0 Å². The fourth-order valence-corrected chi connectivity index (χ4v) is 3.90. The van der Waals surface area contributed by atoms with Crippen LogP contribution in [0.4, 0.5) is 5.95 Å². The van der Waals surface area contributed by atoms with E-state index in [0.717, 1.165) is 42.5 Å². The number of allylic oxidation sites excluding steroid dienone is 1. The van der Waals surface area contributed by atoms with E-state index in [1.807, 2.05) is 32.0 Å². The van der Waals surface area contributed by atoms with E-state index in [1.54, 1.807) is 4.68 Å². The molecule has 1 aromatic carbocycles. The molecule has 0 amide bonds. The zero-order valence-corrected chi connectivity index (χ0v) is 15.2. The van der Waals surface area contributed by atoms with Crippen LogP contribution < -0.4 is 5.32 Å². The van der Waals surface area contributed by atoms with Crippen molar-refractivity contribution in [3.05, 3.63) is 53.0 Å². The molecule has 0 spiro atoms. The highest BCUT2D eigenvalue weighted by molar-refractivity contribution is 5.92. The van der Waals surface area contributed by atoms with Gasteiger partial charge >= 0.3 is 5.97 Å². The number of carbonyl (C=O) groups is 1. The van der Waals surface area contributed by atoms with Crippen LogP contribution >= 0.6 is 0 Å². The van der Waals surface area contributed by atoms with Crippen molar-refractivity contribution in [2.24, 2.45) is 0 Å². The van der Waals surface area contributed by atoms with Crippen molar-refractivity contribution in [3.63, 3.8) is 0 Å². The van der Waals surface area contributed by atoms with Crippen LogP contribution in [0.25, 0.3) is 0 Å². The third kappa shape index (κ3) is 3.11. The molecule has 1 saturated carbocycles. The molecule has 1 fully saturated rings. The van der Waals surface area contributed by atoms with Gasteiger partial charge in [-0.2, -0.15) is 10.1 Å². The van der Waals surface area contributed by atoms with Gasteiger partial charge in [-0.3, -0.25) is 0 Å². The Morgan fingerprint density at radius 1 is 1.23 bits per heavy atom. The van der Waals surface area contributed by atoms with Gasteiger partial charge in [0, 0.05) is 5.70 Å². The van der Waals surface area contributed by atoms with Gasteiger partial charge in [0.2, 0.25) is 5.95 Å². The highest BCUT2D eigenvalue weighted by Crippen LogP contribution is 2.36. The molecule has 2 aromatic rings. The predicted octanol–water partition coefficient (Wildman–Crippen LogP) is 3.75. The number of anilines is 1. The number of carbonyl (C=O) groups excluding carboxylic acids is 1. The Labute approximate surface area is 153 Å². The summed E-state index contributed by atoms with van der Waals surface area (Å²) in [6.45, 7) is 3.95. The van der Waals surface area contributed by atoms with Crippen molar-refractivity contribution < 1.29 is 9.53 Å². The molecule has 2 aliphatic rings. The number of esters is 1. The number of nitrogens with zero attached hydrogens (tertiary/aromatic N) is 3. The first kappa shape index (κ1) is 16.8. The van der Waals surface area contributed by atoms with E-state index in [2.05, 4.69) is 21.5 Å². The first-order valence-electron chi connectivity index (χ1n) is 9.28. The molecule has 0 radical (unpaired) electrons. The topological polar surface area (TPSA) is 69.0 Å². The van der Waals surface area contributed by atoms with Gasteiger partial charge in [-0.25, -0.2) is 9.48 Å². The third-order valence-corrected chi connectivity index (χ3v) is 5.20. The molecule has 1 atom stereocenters. The number of benzene rings is 1. The standard InChI is InChI=1S/C20H24N4O2/c1-13-7-6-8-15(11-13)18-17(14(2)23-20-21-12-22-24(18)20)19(25)26-16-9-4-3-5-10-16/h6-8,11-12,16,18H,3-5,9-10H2,1-2H3,(H,21,22,23)/t18-/m0/s1. The van der Waals surface area contributed by atoms with Gasteiger partial charge in [-0.1, -0.05) is 36.2 Å². The van der Waals surface area contributed by atoms with Crippen LogP contribution in [0.3, 0.4) is 0 Å². The Balaban J connectivity index is 1.71. The Morgan fingerprint density at radius 2 is 2.04 bits per heavy atom.